The first-order valence-electron chi connectivity index (χ1n) is 9.46. The summed E-state index contributed by atoms with van der Waals surface area (Å²) in [6.45, 7) is 10.6. The molecule has 1 fully saturated rings. The van der Waals surface area contributed by atoms with Crippen molar-refractivity contribution in [1.82, 2.24) is 35.8 Å². The van der Waals surface area contributed by atoms with Crippen LogP contribution in [0, 0.1) is 5.92 Å². The predicted octanol–water partition coefficient (Wildman–Crippen LogP) is 2.73. The lowest BCUT2D eigenvalue weighted by atomic mass is 9.80. The molecule has 0 radical (unpaired) electrons. The van der Waals surface area contributed by atoms with Crippen molar-refractivity contribution in [3.8, 4) is 0 Å². The molecule has 2 aromatic heterocycles. The van der Waals surface area contributed by atoms with E-state index in [0.29, 0.717) is 11.6 Å². The number of rotatable bonds is 7. The van der Waals surface area contributed by atoms with Crippen LogP contribution in [0.3, 0.4) is 0 Å². The van der Waals surface area contributed by atoms with E-state index in [0.717, 1.165) is 23.5 Å². The SMILES string of the molecule is C=C(N[C@H](C)c1ccccc1)N1C(=C)[C@H](Cc2ccnc(N)c2)[C@H]1c1nn[nH]n1. The number of aromatic amines is 1. The number of nitrogens with two attached hydrogens (primary N) is 1. The average molecular weight is 388 g/mol. The number of pyridine rings is 1. The molecule has 0 bridgehead atoms. The van der Waals surface area contributed by atoms with E-state index in [1.54, 1.807) is 6.20 Å². The van der Waals surface area contributed by atoms with Crippen LogP contribution in [0.25, 0.3) is 0 Å². The summed E-state index contributed by atoms with van der Waals surface area (Å²) >= 11 is 0. The molecular weight excluding hydrogens is 364 g/mol. The number of anilines is 1. The van der Waals surface area contributed by atoms with Crippen molar-refractivity contribution in [3.05, 3.63) is 90.3 Å². The third kappa shape index (κ3) is 3.69. The number of nitrogens with zero attached hydrogens (tertiary/aromatic N) is 5. The lowest BCUT2D eigenvalue weighted by molar-refractivity contribution is 0.103. The number of aromatic nitrogens is 5. The van der Waals surface area contributed by atoms with Crippen molar-refractivity contribution in [2.45, 2.75) is 25.4 Å². The van der Waals surface area contributed by atoms with E-state index in [9.17, 15) is 0 Å². The maximum absolute atomic E-state index is 5.84. The average Bonchev–Trinajstić information content (AvgIpc) is 3.24. The fourth-order valence-electron chi connectivity index (χ4n) is 3.82. The minimum atomic E-state index is -0.112. The molecular formula is C21H24N8. The van der Waals surface area contributed by atoms with Gasteiger partial charge in [0.2, 0.25) is 0 Å². The molecule has 3 aromatic rings. The van der Waals surface area contributed by atoms with Gasteiger partial charge in [0.05, 0.1) is 5.82 Å². The molecule has 0 amide bonds. The summed E-state index contributed by atoms with van der Waals surface area (Å²) in [6, 6.07) is 14.1. The second-order valence-electron chi connectivity index (χ2n) is 7.20. The molecule has 29 heavy (non-hydrogen) atoms. The number of nitrogens with one attached hydrogen (secondary N) is 2. The molecule has 1 aromatic carbocycles. The topological polar surface area (TPSA) is 109 Å². The Balaban J connectivity index is 1.53. The fourth-order valence-corrected chi connectivity index (χ4v) is 3.82. The van der Waals surface area contributed by atoms with Crippen LogP contribution < -0.4 is 11.1 Å². The molecule has 0 spiro atoms. The molecule has 1 aliphatic rings. The van der Waals surface area contributed by atoms with Gasteiger partial charge in [-0.3, -0.25) is 0 Å². The number of likely N-dealkylation sites (tertiary alicyclic amines) is 1. The second-order valence-corrected chi connectivity index (χ2v) is 7.20. The summed E-state index contributed by atoms with van der Waals surface area (Å²) < 4.78 is 0. The van der Waals surface area contributed by atoms with Crippen LogP contribution in [0.4, 0.5) is 5.82 Å². The normalized spacial score (nSPS) is 19.5. The molecule has 3 atom stereocenters. The standard InChI is InChI=1S/C21H24N8/c1-13(17-7-5-4-6-8-17)24-15(3)29-14(2)18(20(29)21-25-27-28-26-21)11-16-9-10-23-19(22)12-16/h4-10,12-13,18,20,24H,2-3,11H2,1H3,(H2,22,23)(H,25,26,27,28)/t13-,18+,20+/m1/s1. The zero-order chi connectivity index (χ0) is 20.4. The zero-order valence-corrected chi connectivity index (χ0v) is 16.3. The molecule has 4 N–H and O–H groups in total. The number of hydrogen-bond acceptors (Lipinski definition) is 7. The minimum absolute atomic E-state index is 0.0986. The summed E-state index contributed by atoms with van der Waals surface area (Å²) in [7, 11) is 0. The van der Waals surface area contributed by atoms with Crippen molar-refractivity contribution in [2.75, 3.05) is 5.73 Å². The maximum atomic E-state index is 5.84. The van der Waals surface area contributed by atoms with E-state index >= 15 is 0 Å². The van der Waals surface area contributed by atoms with Gasteiger partial charge >= 0.3 is 0 Å². The first kappa shape index (κ1) is 18.7. The van der Waals surface area contributed by atoms with E-state index in [-0.39, 0.29) is 18.0 Å². The van der Waals surface area contributed by atoms with E-state index < -0.39 is 0 Å². The highest BCUT2D eigenvalue weighted by molar-refractivity contribution is 5.35. The molecule has 8 nitrogen and oxygen atoms in total. The Bertz CT molecular complexity index is 999. The van der Waals surface area contributed by atoms with Crippen LogP contribution in [0.15, 0.2) is 73.3 Å². The van der Waals surface area contributed by atoms with Gasteiger partial charge in [0.15, 0.2) is 5.82 Å². The quantitative estimate of drug-likeness (QED) is 0.571. The smallest absolute Gasteiger partial charge is 0.197 e. The number of benzene rings is 1. The van der Waals surface area contributed by atoms with E-state index in [1.165, 1.54) is 5.56 Å². The Morgan fingerprint density at radius 3 is 2.79 bits per heavy atom. The van der Waals surface area contributed by atoms with Crippen LogP contribution in [-0.2, 0) is 6.42 Å². The molecule has 3 heterocycles. The molecule has 8 heteroatoms. The van der Waals surface area contributed by atoms with E-state index in [2.05, 4.69) is 63.1 Å². The lowest BCUT2D eigenvalue weighted by Crippen LogP contribution is -2.50. The highest BCUT2D eigenvalue weighted by atomic mass is 15.5. The third-order valence-corrected chi connectivity index (χ3v) is 5.30. The summed E-state index contributed by atoms with van der Waals surface area (Å²) in [6.07, 6.45) is 2.47. The first-order valence-corrected chi connectivity index (χ1v) is 9.46. The largest absolute Gasteiger partial charge is 0.384 e. The maximum Gasteiger partial charge on any atom is 0.197 e. The van der Waals surface area contributed by atoms with Gasteiger partial charge in [0.1, 0.15) is 11.9 Å². The van der Waals surface area contributed by atoms with E-state index in [4.69, 9.17) is 5.73 Å². The van der Waals surface area contributed by atoms with Gasteiger partial charge in [-0.25, -0.2) is 4.98 Å². The Morgan fingerprint density at radius 1 is 1.31 bits per heavy atom. The van der Waals surface area contributed by atoms with Gasteiger partial charge < -0.3 is 16.0 Å². The van der Waals surface area contributed by atoms with Crippen molar-refractivity contribution in [2.24, 2.45) is 5.92 Å². The van der Waals surface area contributed by atoms with Crippen LogP contribution in [-0.4, -0.2) is 30.5 Å². The monoisotopic (exact) mass is 388 g/mol. The van der Waals surface area contributed by atoms with Gasteiger partial charge in [-0.15, -0.1) is 10.2 Å². The van der Waals surface area contributed by atoms with Crippen molar-refractivity contribution in [3.63, 3.8) is 0 Å². The predicted molar refractivity (Wildman–Crippen MR) is 111 cm³/mol. The molecule has 148 valence electrons. The third-order valence-electron chi connectivity index (χ3n) is 5.30. The number of H-pyrrole nitrogens is 1. The van der Waals surface area contributed by atoms with Gasteiger partial charge in [0.25, 0.3) is 0 Å². The Labute approximate surface area is 169 Å². The Morgan fingerprint density at radius 2 is 2.10 bits per heavy atom. The number of hydrogen-bond donors (Lipinski definition) is 3. The highest BCUT2D eigenvalue weighted by Gasteiger charge is 2.47. The van der Waals surface area contributed by atoms with Gasteiger partial charge in [0, 0.05) is 23.9 Å². The first-order chi connectivity index (χ1) is 14.0. The van der Waals surface area contributed by atoms with Crippen molar-refractivity contribution >= 4 is 5.82 Å². The minimum Gasteiger partial charge on any atom is -0.384 e. The van der Waals surface area contributed by atoms with Crippen molar-refractivity contribution in [1.29, 1.82) is 0 Å². The molecule has 1 aliphatic heterocycles. The highest BCUT2D eigenvalue weighted by Crippen LogP contribution is 2.48. The second kappa shape index (κ2) is 7.75. The Kier molecular flexibility index (Phi) is 4.99. The number of tetrazole rings is 1. The van der Waals surface area contributed by atoms with Crippen LogP contribution in [0.2, 0.25) is 0 Å². The van der Waals surface area contributed by atoms with E-state index in [1.807, 2.05) is 35.2 Å². The van der Waals surface area contributed by atoms with Gasteiger partial charge in [-0.05, 0) is 36.6 Å². The lowest BCUT2D eigenvalue weighted by Gasteiger charge is -2.51. The van der Waals surface area contributed by atoms with Crippen LogP contribution in [0.1, 0.15) is 36.0 Å². The number of nitrogen functional groups attached to an aromatic ring is 1. The van der Waals surface area contributed by atoms with Crippen LogP contribution in [0.5, 0.6) is 0 Å². The summed E-state index contributed by atoms with van der Waals surface area (Å²) in [5.41, 5.74) is 9.06. The molecule has 1 saturated heterocycles. The summed E-state index contributed by atoms with van der Waals surface area (Å²) in [5, 5.41) is 18.2. The fraction of sp³-hybridized carbons (Fsp3) is 0.238. The summed E-state index contributed by atoms with van der Waals surface area (Å²) in [5.74, 6) is 1.98. The zero-order valence-electron chi connectivity index (χ0n) is 16.3. The molecule has 0 unspecified atom stereocenters. The van der Waals surface area contributed by atoms with Crippen LogP contribution >= 0.6 is 0 Å². The summed E-state index contributed by atoms with van der Waals surface area (Å²) in [4.78, 5) is 6.11. The molecule has 4 rings (SSSR count). The van der Waals surface area contributed by atoms with Gasteiger partial charge in [-0.2, -0.15) is 5.21 Å². The molecule has 0 aliphatic carbocycles. The van der Waals surface area contributed by atoms with Crippen molar-refractivity contribution < 1.29 is 0 Å². The molecule has 0 saturated carbocycles. The Hall–Kier alpha value is -3.68. The van der Waals surface area contributed by atoms with Gasteiger partial charge in [-0.1, -0.05) is 48.7 Å².